The van der Waals surface area contributed by atoms with Crippen LogP contribution in [0.3, 0.4) is 0 Å². The zero-order valence-corrected chi connectivity index (χ0v) is 12.6. The van der Waals surface area contributed by atoms with E-state index in [2.05, 4.69) is 20.2 Å². The molecule has 0 bridgehead atoms. The van der Waals surface area contributed by atoms with E-state index in [4.69, 9.17) is 10.00 Å². The first kappa shape index (κ1) is 12.4. The van der Waals surface area contributed by atoms with Crippen LogP contribution in [0.5, 0.6) is 0 Å². The fourth-order valence-electron chi connectivity index (χ4n) is 2.92. The van der Waals surface area contributed by atoms with Gasteiger partial charge in [0, 0.05) is 0 Å². The molecule has 2 heterocycles. The van der Waals surface area contributed by atoms with Crippen LogP contribution >= 0.6 is 0 Å². The third-order valence-electron chi connectivity index (χ3n) is 3.78. The Morgan fingerprint density at radius 1 is 1.50 bits per heavy atom. The van der Waals surface area contributed by atoms with Gasteiger partial charge in [0.05, 0.1) is 0 Å². The predicted octanol–water partition coefficient (Wildman–Crippen LogP) is -0.772. The molecular formula is C14H16IN2O-. The maximum atomic E-state index is 8.97. The van der Waals surface area contributed by atoms with Gasteiger partial charge in [0.2, 0.25) is 0 Å². The van der Waals surface area contributed by atoms with Crippen molar-refractivity contribution < 1.29 is 26.2 Å². The minimum absolute atomic E-state index is 0.0909. The van der Waals surface area contributed by atoms with Crippen molar-refractivity contribution in [2.24, 2.45) is 0 Å². The van der Waals surface area contributed by atoms with Gasteiger partial charge in [-0.05, 0) is 0 Å². The van der Waals surface area contributed by atoms with E-state index in [9.17, 15) is 0 Å². The van der Waals surface area contributed by atoms with E-state index < -0.39 is 0 Å². The van der Waals surface area contributed by atoms with Gasteiger partial charge in [0.25, 0.3) is 0 Å². The average Bonchev–Trinajstić information content (AvgIpc) is 2.45. The number of nitriles is 1. The Morgan fingerprint density at radius 2 is 2.39 bits per heavy atom. The molecule has 96 valence electrons. The molecule has 0 spiro atoms. The monoisotopic (exact) mass is 355 g/mol. The van der Waals surface area contributed by atoms with Crippen LogP contribution in [0.2, 0.25) is 0 Å². The van der Waals surface area contributed by atoms with E-state index >= 15 is 0 Å². The number of hydrogen-bond acceptors (Lipinski definition) is 3. The summed E-state index contributed by atoms with van der Waals surface area (Å²) in [5.74, 6) is 0. The number of hydrogen-bond donors (Lipinski definition) is 0. The molecule has 2 unspecified atom stereocenters. The van der Waals surface area contributed by atoms with Gasteiger partial charge in [-0.15, -0.1) is 0 Å². The Labute approximate surface area is 118 Å². The van der Waals surface area contributed by atoms with Gasteiger partial charge in [0.15, 0.2) is 0 Å². The number of rotatable bonds is 1. The zero-order valence-electron chi connectivity index (χ0n) is 10.4. The van der Waals surface area contributed by atoms with Crippen LogP contribution in [-0.4, -0.2) is 20.7 Å². The number of alkyl halides is 1. The van der Waals surface area contributed by atoms with Crippen molar-refractivity contribution in [1.29, 1.82) is 5.26 Å². The summed E-state index contributed by atoms with van der Waals surface area (Å²) in [6.07, 6.45) is 2.78. The molecule has 0 amide bonds. The molecule has 0 saturated carbocycles. The summed E-state index contributed by atoms with van der Waals surface area (Å²) in [6.45, 7) is 1.87. The first-order valence-corrected chi connectivity index (χ1v) is 9.36. The molecule has 3 nitrogen and oxygen atoms in total. The SMILES string of the molecule is C[I-]N1CCCC2OCc3cc(C#N)ccc3C21. The topological polar surface area (TPSA) is 36.3 Å². The molecule has 3 rings (SSSR count). The maximum absolute atomic E-state index is 8.97. The van der Waals surface area contributed by atoms with Gasteiger partial charge in [-0.1, -0.05) is 0 Å². The van der Waals surface area contributed by atoms with Crippen LogP contribution in [0, 0.1) is 11.3 Å². The van der Waals surface area contributed by atoms with Crippen molar-refractivity contribution in [2.45, 2.75) is 31.6 Å². The van der Waals surface area contributed by atoms with E-state index in [0.29, 0.717) is 18.8 Å². The molecule has 1 fully saturated rings. The quantitative estimate of drug-likeness (QED) is 0.377. The second-order valence-corrected chi connectivity index (χ2v) is 6.96. The number of nitrogens with zero attached hydrogens (tertiary/aromatic N) is 2. The Balaban J connectivity index is 2.01. The minimum atomic E-state index is 0.0909. The van der Waals surface area contributed by atoms with E-state index in [1.807, 2.05) is 12.1 Å². The molecule has 2 aliphatic rings. The predicted molar refractivity (Wildman–Crippen MR) is 64.3 cm³/mol. The van der Waals surface area contributed by atoms with Crippen molar-refractivity contribution >= 4 is 0 Å². The number of halogens is 1. The van der Waals surface area contributed by atoms with Gasteiger partial charge in [-0.3, -0.25) is 0 Å². The Kier molecular flexibility index (Phi) is 3.55. The molecule has 0 N–H and O–H groups in total. The van der Waals surface area contributed by atoms with Gasteiger partial charge < -0.3 is 0 Å². The fraction of sp³-hybridized carbons (Fsp3) is 0.500. The first-order valence-electron chi connectivity index (χ1n) is 6.24. The van der Waals surface area contributed by atoms with Crippen molar-refractivity contribution in [2.75, 3.05) is 11.5 Å². The molecular weight excluding hydrogens is 339 g/mol. The standard InChI is InChI=1S/C14H16IN2O/c1-15-17-6-2-3-13-14(17)12-5-4-10(8-16)7-11(12)9-18-13/h4-5,7,13-14H,2-3,6,9H2,1H3/q-1. The summed E-state index contributed by atoms with van der Waals surface area (Å²) in [5, 5.41) is 8.97. The number of piperidine rings is 1. The van der Waals surface area contributed by atoms with Gasteiger partial charge in [0.1, 0.15) is 0 Å². The molecule has 1 saturated heterocycles. The van der Waals surface area contributed by atoms with Crippen molar-refractivity contribution in [3.05, 3.63) is 34.9 Å². The first-order chi connectivity index (χ1) is 8.83. The molecule has 1 aromatic carbocycles. The second-order valence-electron chi connectivity index (χ2n) is 4.75. The molecule has 2 atom stereocenters. The molecule has 0 aliphatic carbocycles. The molecule has 1 aromatic rings. The van der Waals surface area contributed by atoms with Crippen LogP contribution in [0.15, 0.2) is 18.2 Å². The summed E-state index contributed by atoms with van der Waals surface area (Å²) in [6, 6.07) is 8.73. The van der Waals surface area contributed by atoms with Gasteiger partial charge in [-0.2, -0.15) is 0 Å². The third kappa shape index (κ3) is 2.04. The van der Waals surface area contributed by atoms with Gasteiger partial charge >= 0.3 is 119 Å². The van der Waals surface area contributed by atoms with Crippen LogP contribution in [0.25, 0.3) is 0 Å². The fourth-order valence-corrected chi connectivity index (χ4v) is 5.00. The Hall–Kier alpha value is -0.640. The van der Waals surface area contributed by atoms with Crippen LogP contribution in [0.1, 0.15) is 35.6 Å². The third-order valence-corrected chi connectivity index (χ3v) is 6.10. The summed E-state index contributed by atoms with van der Waals surface area (Å²) in [7, 11) is 0. The zero-order chi connectivity index (χ0) is 12.5. The summed E-state index contributed by atoms with van der Waals surface area (Å²) >= 11 is 0.0909. The molecule has 4 heteroatoms. The second kappa shape index (κ2) is 5.16. The molecule has 2 aliphatic heterocycles. The van der Waals surface area contributed by atoms with Crippen molar-refractivity contribution in [3.63, 3.8) is 0 Å². The van der Waals surface area contributed by atoms with E-state index in [1.165, 1.54) is 30.5 Å². The van der Waals surface area contributed by atoms with Gasteiger partial charge in [-0.25, -0.2) is 0 Å². The van der Waals surface area contributed by atoms with Crippen LogP contribution in [0.4, 0.5) is 0 Å². The number of benzene rings is 1. The van der Waals surface area contributed by atoms with E-state index in [-0.39, 0.29) is 21.5 Å². The van der Waals surface area contributed by atoms with Crippen LogP contribution < -0.4 is 21.5 Å². The van der Waals surface area contributed by atoms with Crippen LogP contribution in [-0.2, 0) is 11.3 Å². The number of fused-ring (bicyclic) bond motifs is 3. The summed E-state index contributed by atoms with van der Waals surface area (Å²) in [5.41, 5.74) is 3.34. The van der Waals surface area contributed by atoms with Crippen molar-refractivity contribution in [3.8, 4) is 6.07 Å². The average molecular weight is 355 g/mol. The number of ether oxygens (including phenoxy) is 1. The molecule has 18 heavy (non-hydrogen) atoms. The summed E-state index contributed by atoms with van der Waals surface area (Å²) in [4.78, 5) is 2.32. The molecule has 0 aromatic heterocycles. The van der Waals surface area contributed by atoms with E-state index in [1.54, 1.807) is 0 Å². The van der Waals surface area contributed by atoms with E-state index in [0.717, 1.165) is 5.56 Å². The van der Waals surface area contributed by atoms with Crippen molar-refractivity contribution in [1.82, 2.24) is 3.11 Å². The Morgan fingerprint density at radius 3 is 3.17 bits per heavy atom. The normalized spacial score (nSPS) is 27.3. The molecule has 0 radical (unpaired) electrons. The summed E-state index contributed by atoms with van der Waals surface area (Å²) < 4.78 is 8.61. The Bertz CT molecular complexity index is 497.